The zero-order valence-electron chi connectivity index (χ0n) is 26.4. The van der Waals surface area contributed by atoms with Crippen LogP contribution in [0.4, 0.5) is 4.79 Å². The van der Waals surface area contributed by atoms with E-state index in [1.54, 1.807) is 4.90 Å². The van der Waals surface area contributed by atoms with Crippen LogP contribution >= 0.6 is 0 Å². The summed E-state index contributed by atoms with van der Waals surface area (Å²) in [5, 5.41) is 5.76. The van der Waals surface area contributed by atoms with Crippen molar-refractivity contribution in [3.05, 3.63) is 0 Å². The maximum atomic E-state index is 14.3. The molecular weight excluding hydrogens is 548 g/mol. The smallest absolute Gasteiger partial charge is 0.408 e. The number of likely N-dealkylation sites (tertiary alicyclic amines) is 1. The minimum atomic E-state index is -1.07. The predicted octanol–water partition coefficient (Wildman–Crippen LogP) is 3.31. The highest BCUT2D eigenvalue weighted by molar-refractivity contribution is 6.37. The molecule has 43 heavy (non-hydrogen) atoms. The van der Waals surface area contributed by atoms with Gasteiger partial charge < -0.3 is 26.0 Å². The quantitative estimate of drug-likeness (QED) is 0.347. The Bertz CT molecular complexity index is 1170. The minimum Gasteiger partial charge on any atom is -0.443 e. The summed E-state index contributed by atoms with van der Waals surface area (Å²) in [5.41, 5.74) is 4.12. The van der Waals surface area contributed by atoms with E-state index < -0.39 is 52.8 Å². The van der Waals surface area contributed by atoms with E-state index >= 15 is 0 Å². The molecule has 0 aromatic carbocycles. The number of carbonyl (C=O) groups is 5. The lowest BCUT2D eigenvalue weighted by Crippen LogP contribution is -2.61. The number of Topliss-reactive ketones (excluding diaryl/α,β-unsaturated/α-hetero) is 1. The molecular formula is C33H50N4O6. The Hall–Kier alpha value is -2.65. The van der Waals surface area contributed by atoms with E-state index in [2.05, 4.69) is 24.5 Å². The molecule has 1 aliphatic heterocycles. The van der Waals surface area contributed by atoms with Crippen molar-refractivity contribution in [3.63, 3.8) is 0 Å². The number of hydrogen-bond donors (Lipinski definition) is 3. The summed E-state index contributed by atoms with van der Waals surface area (Å²) in [7, 11) is 0. The average Bonchev–Trinajstić information content (AvgIpc) is 3.18. The third kappa shape index (κ3) is 5.56. The lowest BCUT2D eigenvalue weighted by atomic mass is 9.54. The Morgan fingerprint density at radius 2 is 1.53 bits per heavy atom. The van der Waals surface area contributed by atoms with Gasteiger partial charge in [-0.05, 0) is 91.3 Å². The van der Waals surface area contributed by atoms with Crippen LogP contribution in [0, 0.1) is 46.3 Å². The number of nitrogens with one attached hydrogen (secondary N) is 2. The van der Waals surface area contributed by atoms with Gasteiger partial charge in [-0.3, -0.25) is 19.2 Å². The fraction of sp³-hybridized carbons (Fsp3) is 0.848. The number of ether oxygens (including phenoxy) is 1. The average molecular weight is 599 g/mol. The largest absolute Gasteiger partial charge is 0.443 e. The molecule has 7 rings (SSSR count). The van der Waals surface area contributed by atoms with Gasteiger partial charge in [0.05, 0.1) is 6.04 Å². The van der Waals surface area contributed by atoms with Gasteiger partial charge in [-0.15, -0.1) is 0 Å². The second-order valence-electron chi connectivity index (χ2n) is 16.6. The second kappa shape index (κ2) is 10.5. The molecule has 0 radical (unpaired) electrons. The standard InChI is InChI=1S/C33H50N4O6/c1-31(2,3)26(36-30(42)43-33-13-18-9-19(14-33)11-20(10-18)15-33)29(41)37-16-21-23(32(21,4)5)24(37)28(40)35-22(25(38)27(34)39)12-17-7-6-8-17/h17-24,26H,6-16H2,1-5H3,(H2,34,39)(H,35,40)(H,36,42)/t18?,19?,20?,21?,22?,23?,24?,26-,33?/m1/s1. The molecule has 7 fully saturated rings. The number of carbonyl (C=O) groups excluding carboxylic acids is 5. The predicted molar refractivity (Wildman–Crippen MR) is 158 cm³/mol. The molecule has 4 bridgehead atoms. The van der Waals surface area contributed by atoms with E-state index in [0.29, 0.717) is 30.7 Å². The first-order valence-electron chi connectivity index (χ1n) is 16.5. The molecule has 1 saturated heterocycles. The number of primary amides is 1. The number of hydrogen-bond acceptors (Lipinski definition) is 6. The highest BCUT2D eigenvalue weighted by atomic mass is 16.6. The molecule has 4 amide bonds. The summed E-state index contributed by atoms with van der Waals surface area (Å²) in [5.74, 6) is -0.466. The second-order valence-corrected chi connectivity index (χ2v) is 16.6. The van der Waals surface area contributed by atoms with E-state index in [-0.39, 0.29) is 29.1 Å². The number of rotatable bonds is 9. The van der Waals surface area contributed by atoms with Crippen LogP contribution < -0.4 is 16.4 Å². The Morgan fingerprint density at radius 1 is 0.953 bits per heavy atom. The van der Waals surface area contributed by atoms with Crippen LogP contribution in [-0.2, 0) is 23.9 Å². The third-order valence-electron chi connectivity index (χ3n) is 12.1. The Balaban J connectivity index is 1.18. The molecule has 0 spiro atoms. The van der Waals surface area contributed by atoms with Crippen LogP contribution in [0.1, 0.15) is 98.8 Å². The van der Waals surface area contributed by atoms with Crippen molar-refractivity contribution in [1.82, 2.24) is 15.5 Å². The topological polar surface area (TPSA) is 148 Å². The number of nitrogens with zero attached hydrogens (tertiary/aromatic N) is 1. The van der Waals surface area contributed by atoms with Crippen LogP contribution in [0.3, 0.4) is 0 Å². The van der Waals surface area contributed by atoms with Gasteiger partial charge in [0.2, 0.25) is 17.6 Å². The molecule has 7 aliphatic rings. The molecule has 4 unspecified atom stereocenters. The van der Waals surface area contributed by atoms with Gasteiger partial charge in [0.15, 0.2) is 0 Å². The van der Waals surface area contributed by atoms with Crippen molar-refractivity contribution in [1.29, 1.82) is 0 Å². The van der Waals surface area contributed by atoms with Crippen LogP contribution in [0.25, 0.3) is 0 Å². The first-order valence-corrected chi connectivity index (χ1v) is 16.5. The highest BCUT2D eigenvalue weighted by Crippen LogP contribution is 2.65. The summed E-state index contributed by atoms with van der Waals surface area (Å²) >= 11 is 0. The van der Waals surface area contributed by atoms with Crippen LogP contribution in [0.2, 0.25) is 0 Å². The summed E-state index contributed by atoms with van der Waals surface area (Å²) in [6.45, 7) is 10.3. The number of piperidine rings is 1. The van der Waals surface area contributed by atoms with Gasteiger partial charge in [-0.25, -0.2) is 4.79 Å². The molecule has 6 aliphatic carbocycles. The first-order chi connectivity index (χ1) is 20.1. The molecule has 4 N–H and O–H groups in total. The lowest BCUT2D eigenvalue weighted by Gasteiger charge is -2.55. The van der Waals surface area contributed by atoms with E-state index in [4.69, 9.17) is 10.5 Å². The molecule has 0 aromatic rings. The molecule has 0 aromatic heterocycles. The van der Waals surface area contributed by atoms with Crippen molar-refractivity contribution in [2.75, 3.05) is 6.54 Å². The van der Waals surface area contributed by atoms with Gasteiger partial charge in [0, 0.05) is 6.54 Å². The van der Waals surface area contributed by atoms with Crippen molar-refractivity contribution in [2.24, 2.45) is 52.1 Å². The number of amides is 4. The molecule has 10 nitrogen and oxygen atoms in total. The molecule has 1 heterocycles. The zero-order valence-corrected chi connectivity index (χ0v) is 26.4. The van der Waals surface area contributed by atoms with Crippen molar-refractivity contribution < 1.29 is 28.7 Å². The van der Waals surface area contributed by atoms with Crippen molar-refractivity contribution in [3.8, 4) is 0 Å². The molecule has 6 saturated carbocycles. The fourth-order valence-corrected chi connectivity index (χ4v) is 9.85. The van der Waals surface area contributed by atoms with Crippen molar-refractivity contribution >= 4 is 29.6 Å². The van der Waals surface area contributed by atoms with E-state index in [9.17, 15) is 24.0 Å². The van der Waals surface area contributed by atoms with Gasteiger partial charge in [-0.2, -0.15) is 0 Å². The van der Waals surface area contributed by atoms with Gasteiger partial charge in [0.25, 0.3) is 5.91 Å². The maximum Gasteiger partial charge on any atom is 0.408 e. The summed E-state index contributed by atoms with van der Waals surface area (Å²) in [6.07, 6.45) is 9.17. The summed E-state index contributed by atoms with van der Waals surface area (Å²) in [6, 6.07) is -2.70. The fourth-order valence-electron chi connectivity index (χ4n) is 9.85. The normalized spacial score (nSPS) is 36.6. The van der Waals surface area contributed by atoms with Crippen LogP contribution in [0.5, 0.6) is 0 Å². The number of nitrogens with two attached hydrogens (primary N) is 1. The third-order valence-corrected chi connectivity index (χ3v) is 12.1. The van der Waals surface area contributed by atoms with Gasteiger partial charge >= 0.3 is 6.09 Å². The number of fused-ring (bicyclic) bond motifs is 1. The van der Waals surface area contributed by atoms with Crippen molar-refractivity contribution in [2.45, 2.75) is 123 Å². The number of ketones is 1. The maximum absolute atomic E-state index is 14.3. The summed E-state index contributed by atoms with van der Waals surface area (Å²) < 4.78 is 6.20. The van der Waals surface area contributed by atoms with Gasteiger partial charge in [0.1, 0.15) is 17.7 Å². The van der Waals surface area contributed by atoms with Crippen LogP contribution in [0.15, 0.2) is 0 Å². The molecule has 10 heteroatoms. The monoisotopic (exact) mass is 598 g/mol. The summed E-state index contributed by atoms with van der Waals surface area (Å²) in [4.78, 5) is 67.7. The van der Waals surface area contributed by atoms with E-state index in [1.807, 2.05) is 20.8 Å². The number of alkyl carbamates (subject to hydrolysis) is 1. The Morgan fingerprint density at radius 3 is 2.02 bits per heavy atom. The zero-order chi connectivity index (χ0) is 31.1. The molecule has 5 atom stereocenters. The van der Waals surface area contributed by atoms with E-state index in [0.717, 1.165) is 38.5 Å². The highest BCUT2D eigenvalue weighted by Gasteiger charge is 2.70. The van der Waals surface area contributed by atoms with Crippen LogP contribution in [-0.4, -0.2) is 64.8 Å². The lowest BCUT2D eigenvalue weighted by molar-refractivity contribution is -0.146. The van der Waals surface area contributed by atoms with E-state index in [1.165, 1.54) is 19.3 Å². The first kappa shape index (κ1) is 30.4. The molecule has 238 valence electrons. The Labute approximate surface area is 255 Å². The van der Waals surface area contributed by atoms with Gasteiger partial charge in [-0.1, -0.05) is 53.9 Å². The Kier molecular flexibility index (Phi) is 7.40. The minimum absolute atomic E-state index is 0.0796. The SMILES string of the molecule is CC1(C)C2CN(C(=O)[C@@H](NC(=O)OC34CC5CC(CC(C5)C3)C4)C(C)(C)C)C(C(=O)NC(CC3CCC3)C(=O)C(N)=O)C21.